The minimum atomic E-state index is 0.679. The van der Waals surface area contributed by atoms with Crippen molar-refractivity contribution >= 4 is 38.7 Å². The average Bonchev–Trinajstić information content (AvgIpc) is 3.27. The SMILES string of the molecule is CN(Cc1ccco1)c1ncnc2scc(-c3cccs3)c12. The van der Waals surface area contributed by atoms with Crippen molar-refractivity contribution in [1.82, 2.24) is 9.97 Å². The topological polar surface area (TPSA) is 42.2 Å². The van der Waals surface area contributed by atoms with Gasteiger partial charge in [-0.25, -0.2) is 9.97 Å². The monoisotopic (exact) mass is 327 g/mol. The predicted octanol–water partition coefficient (Wildman–Crippen LogP) is 4.65. The summed E-state index contributed by atoms with van der Waals surface area (Å²) in [5.41, 5.74) is 1.21. The molecule has 0 N–H and O–H groups in total. The van der Waals surface area contributed by atoms with E-state index in [4.69, 9.17) is 4.42 Å². The normalized spacial score (nSPS) is 11.1. The zero-order valence-electron chi connectivity index (χ0n) is 11.9. The number of fused-ring (bicyclic) bond motifs is 1. The van der Waals surface area contributed by atoms with E-state index in [1.165, 1.54) is 10.4 Å². The Hall–Kier alpha value is -2.18. The Morgan fingerprint density at radius 1 is 1.18 bits per heavy atom. The van der Waals surface area contributed by atoms with E-state index in [0.717, 1.165) is 21.8 Å². The molecule has 0 saturated heterocycles. The molecular formula is C16H13N3OS2. The van der Waals surface area contributed by atoms with E-state index in [2.05, 4.69) is 37.8 Å². The number of anilines is 1. The molecule has 0 fully saturated rings. The van der Waals surface area contributed by atoms with Crippen molar-refractivity contribution in [3.63, 3.8) is 0 Å². The quantitative estimate of drug-likeness (QED) is 0.547. The molecule has 0 amide bonds. The summed E-state index contributed by atoms with van der Waals surface area (Å²) < 4.78 is 5.44. The number of furan rings is 1. The summed E-state index contributed by atoms with van der Waals surface area (Å²) in [6, 6.07) is 8.08. The van der Waals surface area contributed by atoms with Gasteiger partial charge in [-0.1, -0.05) is 6.07 Å². The van der Waals surface area contributed by atoms with Crippen molar-refractivity contribution in [2.75, 3.05) is 11.9 Å². The van der Waals surface area contributed by atoms with Crippen molar-refractivity contribution < 1.29 is 4.42 Å². The fourth-order valence-corrected chi connectivity index (χ4v) is 4.20. The molecule has 0 aromatic carbocycles. The number of hydrogen-bond acceptors (Lipinski definition) is 6. The van der Waals surface area contributed by atoms with Crippen LogP contribution in [0.3, 0.4) is 0 Å². The smallest absolute Gasteiger partial charge is 0.141 e. The van der Waals surface area contributed by atoms with E-state index in [0.29, 0.717) is 6.54 Å². The summed E-state index contributed by atoms with van der Waals surface area (Å²) in [4.78, 5) is 13.3. The zero-order valence-corrected chi connectivity index (χ0v) is 13.5. The second-order valence-electron chi connectivity index (χ2n) is 4.94. The molecule has 0 aliphatic rings. The van der Waals surface area contributed by atoms with Crippen LogP contribution in [0.25, 0.3) is 20.7 Å². The van der Waals surface area contributed by atoms with Crippen LogP contribution in [-0.2, 0) is 6.54 Å². The van der Waals surface area contributed by atoms with Gasteiger partial charge in [0, 0.05) is 22.9 Å². The van der Waals surface area contributed by atoms with Crippen LogP contribution in [-0.4, -0.2) is 17.0 Å². The van der Waals surface area contributed by atoms with E-state index in [1.807, 2.05) is 19.2 Å². The molecule has 4 aromatic rings. The molecule has 6 heteroatoms. The lowest BCUT2D eigenvalue weighted by molar-refractivity contribution is 0.507. The molecule has 0 aliphatic heterocycles. The van der Waals surface area contributed by atoms with Crippen LogP contribution in [0.15, 0.2) is 52.0 Å². The van der Waals surface area contributed by atoms with Crippen LogP contribution in [0.1, 0.15) is 5.76 Å². The fourth-order valence-electron chi connectivity index (χ4n) is 2.47. The third-order valence-electron chi connectivity index (χ3n) is 3.47. The van der Waals surface area contributed by atoms with Gasteiger partial charge in [0.2, 0.25) is 0 Å². The second-order valence-corrected chi connectivity index (χ2v) is 6.75. The van der Waals surface area contributed by atoms with Gasteiger partial charge in [-0.3, -0.25) is 0 Å². The maximum atomic E-state index is 5.44. The van der Waals surface area contributed by atoms with Crippen LogP contribution in [0, 0.1) is 0 Å². The molecule has 4 nitrogen and oxygen atoms in total. The van der Waals surface area contributed by atoms with E-state index < -0.39 is 0 Å². The Kier molecular flexibility index (Phi) is 3.40. The Labute approximate surface area is 135 Å². The molecule has 110 valence electrons. The predicted molar refractivity (Wildman–Crippen MR) is 91.5 cm³/mol. The van der Waals surface area contributed by atoms with Crippen molar-refractivity contribution in [1.29, 1.82) is 0 Å². The Balaban J connectivity index is 1.81. The Bertz CT molecular complexity index is 882. The first kappa shape index (κ1) is 13.5. The van der Waals surface area contributed by atoms with Gasteiger partial charge in [-0.05, 0) is 23.6 Å². The Morgan fingerprint density at radius 3 is 2.91 bits per heavy atom. The number of nitrogens with zero attached hydrogens (tertiary/aromatic N) is 3. The average molecular weight is 327 g/mol. The summed E-state index contributed by atoms with van der Waals surface area (Å²) in [5.74, 6) is 1.85. The molecule has 0 unspecified atom stereocenters. The number of rotatable bonds is 4. The third-order valence-corrected chi connectivity index (χ3v) is 5.26. The molecular weight excluding hydrogens is 314 g/mol. The first-order valence-corrected chi connectivity index (χ1v) is 8.58. The highest BCUT2D eigenvalue weighted by Gasteiger charge is 2.17. The van der Waals surface area contributed by atoms with Gasteiger partial charge in [-0.15, -0.1) is 22.7 Å². The lowest BCUT2D eigenvalue weighted by Crippen LogP contribution is -2.17. The first-order chi connectivity index (χ1) is 10.8. The highest BCUT2D eigenvalue weighted by Crippen LogP contribution is 2.39. The van der Waals surface area contributed by atoms with Crippen molar-refractivity contribution in [3.8, 4) is 10.4 Å². The van der Waals surface area contributed by atoms with Crippen LogP contribution in [0.5, 0.6) is 0 Å². The van der Waals surface area contributed by atoms with Gasteiger partial charge >= 0.3 is 0 Å². The summed E-state index contributed by atoms with van der Waals surface area (Å²) in [7, 11) is 2.03. The number of hydrogen-bond donors (Lipinski definition) is 0. The highest BCUT2D eigenvalue weighted by molar-refractivity contribution is 7.18. The van der Waals surface area contributed by atoms with Gasteiger partial charge in [0.15, 0.2) is 0 Å². The summed E-state index contributed by atoms with van der Waals surface area (Å²) in [5, 5.41) is 5.37. The van der Waals surface area contributed by atoms with Crippen molar-refractivity contribution in [3.05, 3.63) is 53.4 Å². The van der Waals surface area contributed by atoms with Gasteiger partial charge in [0.1, 0.15) is 22.7 Å². The molecule has 0 saturated carbocycles. The largest absolute Gasteiger partial charge is 0.467 e. The van der Waals surface area contributed by atoms with Crippen LogP contribution in [0.4, 0.5) is 5.82 Å². The standard InChI is InChI=1S/C16H13N3OS2/c1-19(8-11-4-2-6-20-11)15-14-12(13-5-3-7-21-13)9-22-16(14)18-10-17-15/h2-7,9-10H,8H2,1H3. The molecule has 0 spiro atoms. The minimum Gasteiger partial charge on any atom is -0.467 e. The first-order valence-electron chi connectivity index (χ1n) is 6.82. The minimum absolute atomic E-state index is 0.679. The molecule has 0 bridgehead atoms. The van der Waals surface area contributed by atoms with Crippen molar-refractivity contribution in [2.45, 2.75) is 6.54 Å². The molecule has 4 rings (SSSR count). The van der Waals surface area contributed by atoms with Gasteiger partial charge in [0.05, 0.1) is 18.2 Å². The molecule has 4 heterocycles. The summed E-state index contributed by atoms with van der Waals surface area (Å²) in [6.45, 7) is 0.679. The molecule has 0 atom stereocenters. The van der Waals surface area contributed by atoms with Crippen molar-refractivity contribution in [2.24, 2.45) is 0 Å². The number of aromatic nitrogens is 2. The Morgan fingerprint density at radius 2 is 2.14 bits per heavy atom. The second kappa shape index (κ2) is 5.55. The van der Waals surface area contributed by atoms with Gasteiger partial charge in [0.25, 0.3) is 0 Å². The zero-order chi connectivity index (χ0) is 14.9. The number of thiophene rings is 2. The van der Waals surface area contributed by atoms with E-state index >= 15 is 0 Å². The van der Waals surface area contributed by atoms with E-state index in [-0.39, 0.29) is 0 Å². The van der Waals surface area contributed by atoms with Gasteiger partial charge < -0.3 is 9.32 Å². The maximum absolute atomic E-state index is 5.44. The summed E-state index contributed by atoms with van der Waals surface area (Å²) >= 11 is 3.39. The van der Waals surface area contributed by atoms with Gasteiger partial charge in [-0.2, -0.15) is 0 Å². The lowest BCUT2D eigenvalue weighted by Gasteiger charge is -2.18. The lowest BCUT2D eigenvalue weighted by atomic mass is 10.2. The maximum Gasteiger partial charge on any atom is 0.141 e. The van der Waals surface area contributed by atoms with Crippen LogP contribution >= 0.6 is 22.7 Å². The fraction of sp³-hybridized carbons (Fsp3) is 0.125. The molecule has 22 heavy (non-hydrogen) atoms. The molecule has 0 radical (unpaired) electrons. The summed E-state index contributed by atoms with van der Waals surface area (Å²) in [6.07, 6.45) is 3.32. The van der Waals surface area contributed by atoms with E-state index in [9.17, 15) is 0 Å². The third kappa shape index (κ3) is 2.30. The van der Waals surface area contributed by atoms with E-state index in [1.54, 1.807) is 35.3 Å². The van der Waals surface area contributed by atoms with Crippen LogP contribution in [0.2, 0.25) is 0 Å². The molecule has 0 aliphatic carbocycles. The highest BCUT2D eigenvalue weighted by atomic mass is 32.1. The van der Waals surface area contributed by atoms with Crippen LogP contribution < -0.4 is 4.90 Å². The molecule has 4 aromatic heterocycles.